The summed E-state index contributed by atoms with van der Waals surface area (Å²) in [6, 6.07) is 31.8. The zero-order chi connectivity index (χ0) is 31.8. The molecular weight excluding hydrogens is 697 g/mol. The second kappa shape index (κ2) is 15.1. The largest absolute Gasteiger partial charge is 0.352 e. The van der Waals surface area contributed by atoms with Crippen molar-refractivity contribution in [3.8, 4) is 0 Å². The Labute approximate surface area is 279 Å². The SMILES string of the molecule is Cc1cccc(CN(C(=O)CN(c2ccc(I)cc2)S(=O)(=O)c2ccccc2)[C@H](Cc2ccccc2)C(=O)NC2CCCC2)c1. The molecule has 45 heavy (non-hydrogen) atoms. The molecule has 1 fully saturated rings. The molecule has 1 aliphatic carbocycles. The highest BCUT2D eigenvalue weighted by molar-refractivity contribution is 14.1. The Bertz CT molecular complexity index is 1690. The fourth-order valence-corrected chi connectivity index (χ4v) is 7.58. The van der Waals surface area contributed by atoms with Gasteiger partial charge in [0.1, 0.15) is 12.6 Å². The summed E-state index contributed by atoms with van der Waals surface area (Å²) >= 11 is 2.16. The normalized spacial score (nSPS) is 14.1. The number of carbonyl (C=O) groups excluding carboxylic acids is 2. The van der Waals surface area contributed by atoms with E-state index in [0.717, 1.165) is 50.2 Å². The average molecular weight is 736 g/mol. The Morgan fingerprint density at radius 1 is 0.844 bits per heavy atom. The van der Waals surface area contributed by atoms with Gasteiger partial charge in [0.05, 0.1) is 10.6 Å². The molecule has 234 valence electrons. The van der Waals surface area contributed by atoms with Crippen LogP contribution in [0.2, 0.25) is 0 Å². The van der Waals surface area contributed by atoms with Crippen LogP contribution in [0.3, 0.4) is 0 Å². The van der Waals surface area contributed by atoms with Gasteiger partial charge in [0.25, 0.3) is 10.0 Å². The van der Waals surface area contributed by atoms with Crippen molar-refractivity contribution in [3.63, 3.8) is 0 Å². The summed E-state index contributed by atoms with van der Waals surface area (Å²) in [4.78, 5) is 30.3. The van der Waals surface area contributed by atoms with Gasteiger partial charge in [-0.05, 0) is 89.9 Å². The van der Waals surface area contributed by atoms with Gasteiger partial charge in [0.15, 0.2) is 0 Å². The average Bonchev–Trinajstić information content (AvgIpc) is 3.56. The number of sulfonamides is 1. The van der Waals surface area contributed by atoms with Gasteiger partial charge in [0, 0.05) is 22.6 Å². The minimum Gasteiger partial charge on any atom is -0.352 e. The smallest absolute Gasteiger partial charge is 0.264 e. The number of hydrogen-bond acceptors (Lipinski definition) is 4. The molecule has 0 heterocycles. The first-order valence-corrected chi connectivity index (χ1v) is 17.8. The predicted octanol–water partition coefficient (Wildman–Crippen LogP) is 6.49. The molecule has 0 aliphatic heterocycles. The Morgan fingerprint density at radius 3 is 2.11 bits per heavy atom. The summed E-state index contributed by atoms with van der Waals surface area (Å²) < 4.78 is 30.2. The van der Waals surface area contributed by atoms with Crippen LogP contribution < -0.4 is 9.62 Å². The third-order valence-electron chi connectivity index (χ3n) is 8.13. The van der Waals surface area contributed by atoms with E-state index >= 15 is 0 Å². The van der Waals surface area contributed by atoms with Crippen LogP contribution in [0.4, 0.5) is 5.69 Å². The van der Waals surface area contributed by atoms with E-state index < -0.39 is 28.5 Å². The van der Waals surface area contributed by atoms with Crippen LogP contribution in [0.1, 0.15) is 42.4 Å². The highest BCUT2D eigenvalue weighted by Gasteiger charge is 2.35. The standard InChI is InChI=1S/C36H38IN3O4S/c1-27-11-10-14-29(23-27)25-39(34(24-28-12-4-2-5-13-28)36(42)38-31-15-8-9-16-31)35(41)26-40(32-21-19-30(37)20-22-32)45(43,44)33-17-6-3-7-18-33/h2-7,10-14,17-23,31,34H,8-9,15-16,24-26H2,1H3,(H,38,42)/t34-/m1/s1. The van der Waals surface area contributed by atoms with Crippen molar-refractivity contribution >= 4 is 50.1 Å². The van der Waals surface area contributed by atoms with E-state index in [2.05, 4.69) is 27.9 Å². The first kappa shape index (κ1) is 32.7. The highest BCUT2D eigenvalue weighted by Crippen LogP contribution is 2.26. The zero-order valence-electron chi connectivity index (χ0n) is 25.3. The van der Waals surface area contributed by atoms with Crippen molar-refractivity contribution in [1.82, 2.24) is 10.2 Å². The second-order valence-electron chi connectivity index (χ2n) is 11.5. The molecule has 5 rings (SSSR count). The molecule has 9 heteroatoms. The Hall–Kier alpha value is -3.70. The van der Waals surface area contributed by atoms with Crippen molar-refractivity contribution < 1.29 is 18.0 Å². The maximum absolute atomic E-state index is 14.6. The van der Waals surface area contributed by atoms with Gasteiger partial charge in [-0.1, -0.05) is 91.2 Å². The number of halogens is 1. The van der Waals surface area contributed by atoms with Gasteiger partial charge >= 0.3 is 0 Å². The monoisotopic (exact) mass is 735 g/mol. The Balaban J connectivity index is 1.56. The maximum atomic E-state index is 14.6. The molecule has 0 bridgehead atoms. The Morgan fingerprint density at radius 2 is 1.47 bits per heavy atom. The first-order chi connectivity index (χ1) is 21.7. The van der Waals surface area contributed by atoms with E-state index in [9.17, 15) is 18.0 Å². The van der Waals surface area contributed by atoms with E-state index in [1.165, 1.54) is 12.1 Å². The van der Waals surface area contributed by atoms with Crippen molar-refractivity contribution in [3.05, 3.63) is 129 Å². The van der Waals surface area contributed by atoms with Crippen molar-refractivity contribution in [2.24, 2.45) is 0 Å². The maximum Gasteiger partial charge on any atom is 0.264 e. The van der Waals surface area contributed by atoms with Gasteiger partial charge in [-0.3, -0.25) is 13.9 Å². The fraction of sp³-hybridized carbons (Fsp3) is 0.278. The first-order valence-electron chi connectivity index (χ1n) is 15.2. The topological polar surface area (TPSA) is 86.8 Å². The quantitative estimate of drug-likeness (QED) is 0.169. The van der Waals surface area contributed by atoms with Crippen molar-refractivity contribution in [2.75, 3.05) is 10.8 Å². The van der Waals surface area contributed by atoms with Crippen LogP contribution in [0.25, 0.3) is 0 Å². The molecule has 2 amide bonds. The lowest BCUT2D eigenvalue weighted by molar-refractivity contribution is -0.140. The molecule has 0 aromatic heterocycles. The summed E-state index contributed by atoms with van der Waals surface area (Å²) in [7, 11) is -4.12. The summed E-state index contributed by atoms with van der Waals surface area (Å²) in [5, 5.41) is 3.21. The molecule has 7 nitrogen and oxygen atoms in total. The number of hydrogen-bond donors (Lipinski definition) is 1. The van der Waals surface area contributed by atoms with Gasteiger partial charge in [-0.25, -0.2) is 8.42 Å². The van der Waals surface area contributed by atoms with Gasteiger partial charge < -0.3 is 10.2 Å². The molecule has 1 N–H and O–H groups in total. The van der Waals surface area contributed by atoms with Gasteiger partial charge in [-0.15, -0.1) is 0 Å². The number of rotatable bonds is 12. The molecule has 4 aromatic carbocycles. The van der Waals surface area contributed by atoms with Crippen molar-refractivity contribution in [2.45, 2.75) is 62.6 Å². The highest BCUT2D eigenvalue weighted by atomic mass is 127. The van der Waals surface area contributed by atoms with Crippen LogP contribution in [0, 0.1) is 10.5 Å². The molecule has 1 saturated carbocycles. The van der Waals surface area contributed by atoms with E-state index in [1.807, 2.05) is 73.7 Å². The molecule has 0 unspecified atom stereocenters. The molecule has 0 spiro atoms. The van der Waals surface area contributed by atoms with Gasteiger partial charge in [-0.2, -0.15) is 0 Å². The lowest BCUT2D eigenvalue weighted by Gasteiger charge is -2.34. The van der Waals surface area contributed by atoms with Crippen LogP contribution in [-0.4, -0.2) is 43.8 Å². The molecule has 0 radical (unpaired) electrons. The van der Waals surface area contributed by atoms with Crippen molar-refractivity contribution in [1.29, 1.82) is 0 Å². The summed E-state index contributed by atoms with van der Waals surface area (Å²) in [5.74, 6) is -0.685. The van der Waals surface area contributed by atoms with Gasteiger partial charge in [0.2, 0.25) is 11.8 Å². The number of nitrogens with zero attached hydrogens (tertiary/aromatic N) is 2. The summed E-state index contributed by atoms with van der Waals surface area (Å²) in [5.41, 5.74) is 3.18. The minimum atomic E-state index is -4.12. The molecule has 0 saturated heterocycles. The van der Waals surface area contributed by atoms with Crippen LogP contribution in [0.5, 0.6) is 0 Å². The second-order valence-corrected chi connectivity index (χ2v) is 14.6. The Kier molecular flexibility index (Phi) is 10.9. The molecule has 4 aromatic rings. The number of aryl methyl sites for hydroxylation is 1. The number of benzene rings is 4. The molecular formula is C36H38IN3O4S. The number of nitrogens with one attached hydrogen (secondary N) is 1. The predicted molar refractivity (Wildman–Crippen MR) is 186 cm³/mol. The lowest BCUT2D eigenvalue weighted by Crippen LogP contribution is -2.54. The summed E-state index contributed by atoms with van der Waals surface area (Å²) in [6.45, 7) is 1.67. The lowest BCUT2D eigenvalue weighted by atomic mass is 10.0. The van der Waals surface area contributed by atoms with E-state index in [1.54, 1.807) is 35.2 Å². The van der Waals surface area contributed by atoms with E-state index in [0.29, 0.717) is 12.1 Å². The molecule has 1 atom stereocenters. The van der Waals surface area contributed by atoms with E-state index in [4.69, 9.17) is 0 Å². The number of amides is 2. The summed E-state index contributed by atoms with van der Waals surface area (Å²) in [6.07, 6.45) is 4.23. The number of carbonyl (C=O) groups is 2. The van der Waals surface area contributed by atoms with Crippen LogP contribution >= 0.6 is 22.6 Å². The third kappa shape index (κ3) is 8.52. The minimum absolute atomic E-state index is 0.0634. The fourth-order valence-electron chi connectivity index (χ4n) is 5.78. The van der Waals surface area contributed by atoms with E-state index in [-0.39, 0.29) is 23.4 Å². The third-order valence-corrected chi connectivity index (χ3v) is 10.6. The van der Waals surface area contributed by atoms with Crippen LogP contribution in [-0.2, 0) is 32.6 Å². The van der Waals surface area contributed by atoms with Crippen LogP contribution in [0.15, 0.2) is 114 Å². The molecule has 1 aliphatic rings. The number of anilines is 1. The zero-order valence-corrected chi connectivity index (χ0v) is 28.3.